The summed E-state index contributed by atoms with van der Waals surface area (Å²) in [4.78, 5) is 2.55. The fraction of sp³-hybridized carbons (Fsp3) is 0.550. The van der Waals surface area contributed by atoms with E-state index in [2.05, 4.69) is 53.0 Å². The van der Waals surface area contributed by atoms with Crippen LogP contribution in [0.5, 0.6) is 0 Å². The predicted molar refractivity (Wildman–Crippen MR) is 99.2 cm³/mol. The molecular weight excluding hydrogens is 296 g/mol. The molecule has 0 atom stereocenters. The fourth-order valence-corrected chi connectivity index (χ4v) is 4.24. The Balaban J connectivity index is 1.71. The number of piperidine rings is 1. The topological polar surface area (TPSA) is 33.1 Å². The summed E-state index contributed by atoms with van der Waals surface area (Å²) in [6.45, 7) is 9.12. The monoisotopic (exact) mass is 324 g/mol. The summed E-state index contributed by atoms with van der Waals surface area (Å²) in [5.74, 6) is 1.86. The highest BCUT2D eigenvalue weighted by molar-refractivity contribution is 5.59. The quantitative estimate of drug-likeness (QED) is 0.933. The summed E-state index contributed by atoms with van der Waals surface area (Å²) in [5.41, 5.74) is 5.43. The Morgan fingerprint density at radius 3 is 2.71 bits per heavy atom. The molecule has 1 N–H and O–H groups in total. The number of nitrogens with zero attached hydrogens (tertiary/aromatic N) is 3. The van der Waals surface area contributed by atoms with E-state index in [4.69, 9.17) is 5.10 Å². The number of aromatic nitrogens is 2. The Hall–Kier alpha value is -1.81. The molecule has 0 saturated carbocycles. The second-order valence-electron chi connectivity index (χ2n) is 6.99. The third kappa shape index (κ3) is 2.63. The molecular formula is C20H28N4. The first-order chi connectivity index (χ1) is 11.8. The van der Waals surface area contributed by atoms with Crippen LogP contribution >= 0.6 is 0 Å². The van der Waals surface area contributed by atoms with E-state index in [-0.39, 0.29) is 0 Å². The maximum absolute atomic E-state index is 5.12. The number of likely N-dealkylation sites (tertiary alicyclic amines) is 1. The molecule has 128 valence electrons. The van der Waals surface area contributed by atoms with E-state index in [1.165, 1.54) is 60.8 Å². The van der Waals surface area contributed by atoms with Crippen LogP contribution in [-0.2, 0) is 12.8 Å². The molecule has 0 amide bonds. The van der Waals surface area contributed by atoms with E-state index in [0.29, 0.717) is 5.92 Å². The van der Waals surface area contributed by atoms with Crippen molar-refractivity contribution in [2.45, 2.75) is 45.4 Å². The molecule has 2 aliphatic heterocycles. The van der Waals surface area contributed by atoms with E-state index in [9.17, 15) is 0 Å². The summed E-state index contributed by atoms with van der Waals surface area (Å²) < 4.78 is 2.18. The van der Waals surface area contributed by atoms with Crippen LogP contribution in [0.25, 0.3) is 5.69 Å². The van der Waals surface area contributed by atoms with Crippen LogP contribution in [0.15, 0.2) is 24.3 Å². The van der Waals surface area contributed by atoms with Crippen LogP contribution in [-0.4, -0.2) is 40.9 Å². The number of rotatable bonds is 4. The van der Waals surface area contributed by atoms with Crippen molar-refractivity contribution in [3.05, 3.63) is 41.1 Å². The van der Waals surface area contributed by atoms with Gasteiger partial charge in [-0.1, -0.05) is 32.0 Å². The van der Waals surface area contributed by atoms with Crippen molar-refractivity contribution in [1.29, 1.82) is 0 Å². The number of anilines is 1. The van der Waals surface area contributed by atoms with Crippen molar-refractivity contribution < 1.29 is 0 Å². The molecule has 0 aliphatic carbocycles. The highest BCUT2D eigenvalue weighted by Gasteiger charge is 2.30. The van der Waals surface area contributed by atoms with Gasteiger partial charge in [-0.25, -0.2) is 4.68 Å². The molecule has 1 saturated heterocycles. The summed E-state index contributed by atoms with van der Waals surface area (Å²) >= 11 is 0. The minimum absolute atomic E-state index is 0.622. The predicted octanol–water partition coefficient (Wildman–Crippen LogP) is 3.60. The molecule has 1 aromatic carbocycles. The fourth-order valence-electron chi connectivity index (χ4n) is 4.24. The summed E-state index contributed by atoms with van der Waals surface area (Å²) in [6.07, 6.45) is 4.64. The maximum Gasteiger partial charge on any atom is 0.133 e. The first-order valence-electron chi connectivity index (χ1n) is 9.48. The van der Waals surface area contributed by atoms with Crippen LogP contribution in [0, 0.1) is 0 Å². The Morgan fingerprint density at radius 2 is 1.96 bits per heavy atom. The molecule has 4 rings (SSSR count). The zero-order chi connectivity index (χ0) is 16.5. The smallest absolute Gasteiger partial charge is 0.133 e. The molecule has 24 heavy (non-hydrogen) atoms. The minimum atomic E-state index is 0.622. The SMILES string of the molecule is CCc1ccccc1-n1nc(C2CCN(CC)CC2)c2c1NCC2. The highest BCUT2D eigenvalue weighted by atomic mass is 15.3. The largest absolute Gasteiger partial charge is 0.369 e. The van der Waals surface area contributed by atoms with E-state index in [1.807, 2.05) is 0 Å². The van der Waals surface area contributed by atoms with Crippen LogP contribution in [0.2, 0.25) is 0 Å². The van der Waals surface area contributed by atoms with Gasteiger partial charge in [0.15, 0.2) is 0 Å². The average Bonchev–Trinajstić information content (AvgIpc) is 3.24. The zero-order valence-corrected chi connectivity index (χ0v) is 14.9. The zero-order valence-electron chi connectivity index (χ0n) is 14.9. The normalized spacial score (nSPS) is 18.6. The Labute approximate surface area is 144 Å². The molecule has 4 heteroatoms. The van der Waals surface area contributed by atoms with Gasteiger partial charge in [-0.3, -0.25) is 0 Å². The molecule has 1 aromatic heterocycles. The summed E-state index contributed by atoms with van der Waals surface area (Å²) in [7, 11) is 0. The molecule has 0 spiro atoms. The number of hydrogen-bond donors (Lipinski definition) is 1. The van der Waals surface area contributed by atoms with Gasteiger partial charge in [-0.15, -0.1) is 0 Å². The van der Waals surface area contributed by atoms with Crippen molar-refractivity contribution in [3.63, 3.8) is 0 Å². The molecule has 4 nitrogen and oxygen atoms in total. The number of nitrogens with one attached hydrogen (secondary N) is 1. The second-order valence-corrected chi connectivity index (χ2v) is 6.99. The Morgan fingerprint density at radius 1 is 1.17 bits per heavy atom. The first-order valence-corrected chi connectivity index (χ1v) is 9.48. The lowest BCUT2D eigenvalue weighted by Crippen LogP contribution is -2.33. The molecule has 2 aliphatic rings. The van der Waals surface area contributed by atoms with Crippen LogP contribution < -0.4 is 5.32 Å². The van der Waals surface area contributed by atoms with Crippen molar-refractivity contribution in [1.82, 2.24) is 14.7 Å². The summed E-state index contributed by atoms with van der Waals surface area (Å²) in [6, 6.07) is 8.67. The van der Waals surface area contributed by atoms with E-state index in [1.54, 1.807) is 0 Å². The van der Waals surface area contributed by atoms with E-state index >= 15 is 0 Å². The highest BCUT2D eigenvalue weighted by Crippen LogP contribution is 2.37. The Kier molecular flexibility index (Phi) is 4.31. The standard InChI is InChI=1S/C20H28N4/c1-3-15-7-5-6-8-18(15)24-20-17(9-12-21-20)19(22-24)16-10-13-23(4-2)14-11-16/h5-8,16,21H,3-4,9-14H2,1-2H3. The lowest BCUT2D eigenvalue weighted by molar-refractivity contribution is 0.220. The molecule has 0 unspecified atom stereocenters. The van der Waals surface area contributed by atoms with Gasteiger partial charge >= 0.3 is 0 Å². The molecule has 1 fully saturated rings. The Bertz CT molecular complexity index is 710. The summed E-state index contributed by atoms with van der Waals surface area (Å²) in [5, 5.41) is 8.71. The van der Waals surface area contributed by atoms with Gasteiger partial charge in [0.25, 0.3) is 0 Å². The van der Waals surface area contributed by atoms with Crippen LogP contribution in [0.4, 0.5) is 5.82 Å². The third-order valence-corrected chi connectivity index (χ3v) is 5.70. The van der Waals surface area contributed by atoms with Gasteiger partial charge in [0.2, 0.25) is 0 Å². The first kappa shape index (κ1) is 15.7. The van der Waals surface area contributed by atoms with Gasteiger partial charge in [0, 0.05) is 18.0 Å². The van der Waals surface area contributed by atoms with Crippen molar-refractivity contribution >= 4 is 5.82 Å². The molecule has 2 aromatic rings. The molecule has 0 radical (unpaired) electrons. The van der Waals surface area contributed by atoms with Crippen LogP contribution in [0.3, 0.4) is 0 Å². The third-order valence-electron chi connectivity index (χ3n) is 5.70. The van der Waals surface area contributed by atoms with Crippen molar-refractivity contribution in [3.8, 4) is 5.69 Å². The van der Waals surface area contributed by atoms with Crippen molar-refractivity contribution in [2.75, 3.05) is 31.5 Å². The molecule has 0 bridgehead atoms. The van der Waals surface area contributed by atoms with E-state index < -0.39 is 0 Å². The average molecular weight is 324 g/mol. The van der Waals surface area contributed by atoms with E-state index in [0.717, 1.165) is 19.4 Å². The van der Waals surface area contributed by atoms with Gasteiger partial charge in [0.05, 0.1) is 11.4 Å². The number of benzene rings is 1. The lowest BCUT2D eigenvalue weighted by atomic mass is 9.91. The minimum Gasteiger partial charge on any atom is -0.369 e. The second kappa shape index (κ2) is 6.60. The van der Waals surface area contributed by atoms with Gasteiger partial charge in [-0.2, -0.15) is 5.10 Å². The number of fused-ring (bicyclic) bond motifs is 1. The van der Waals surface area contributed by atoms with Gasteiger partial charge in [-0.05, 0) is 56.9 Å². The van der Waals surface area contributed by atoms with Crippen LogP contribution in [0.1, 0.15) is 49.4 Å². The number of para-hydroxylation sites is 1. The lowest BCUT2D eigenvalue weighted by Gasteiger charge is -2.30. The number of hydrogen-bond acceptors (Lipinski definition) is 3. The van der Waals surface area contributed by atoms with Gasteiger partial charge in [0.1, 0.15) is 5.82 Å². The van der Waals surface area contributed by atoms with Gasteiger partial charge < -0.3 is 10.2 Å². The van der Waals surface area contributed by atoms with Crippen molar-refractivity contribution in [2.24, 2.45) is 0 Å². The molecule has 3 heterocycles. The maximum atomic E-state index is 5.12. The number of aryl methyl sites for hydroxylation is 1.